The first-order valence-electron chi connectivity index (χ1n) is 8.50. The van der Waals surface area contributed by atoms with Crippen molar-refractivity contribution >= 4 is 29.9 Å². The highest BCUT2D eigenvalue weighted by atomic mass is 35.5. The van der Waals surface area contributed by atoms with Gasteiger partial charge in [-0.3, -0.25) is 14.3 Å². The quantitative estimate of drug-likeness (QED) is 0.677. The number of rotatable bonds is 6. The number of hydrogen-bond acceptors (Lipinski definition) is 5. The fraction of sp³-hybridized carbons (Fsp3) is 0.389. The molecule has 146 valence electrons. The summed E-state index contributed by atoms with van der Waals surface area (Å²) in [6.45, 7) is 1.36. The maximum atomic E-state index is 12.7. The van der Waals surface area contributed by atoms with Gasteiger partial charge in [0.2, 0.25) is 5.91 Å². The molecule has 2 aromatic rings. The maximum Gasteiger partial charge on any atom is 0.257 e. The summed E-state index contributed by atoms with van der Waals surface area (Å²) in [5, 5.41) is 12.9. The van der Waals surface area contributed by atoms with Crippen molar-refractivity contribution in [2.24, 2.45) is 13.0 Å². The lowest BCUT2D eigenvalue weighted by molar-refractivity contribution is -0.122. The molecule has 1 saturated heterocycles. The topological polar surface area (TPSA) is 97.3 Å². The molecule has 1 aliphatic rings. The SMILES string of the molecule is CNC(=O)COc1ccc(NC(=O)[C@H]2CNC[C@@H]2c2cnn(C)c2)cc1.Cl. The van der Waals surface area contributed by atoms with Crippen molar-refractivity contribution < 1.29 is 14.3 Å². The lowest BCUT2D eigenvalue weighted by atomic mass is 9.90. The molecule has 3 rings (SSSR count). The van der Waals surface area contributed by atoms with Crippen LogP contribution in [0.3, 0.4) is 0 Å². The minimum atomic E-state index is -0.197. The standard InChI is InChI=1S/C18H23N5O3.ClH/c1-19-17(24)11-26-14-5-3-13(4-6-14)22-18(25)16-9-20-8-15(16)12-7-21-23(2)10-12;/h3-7,10,15-16,20H,8-9,11H2,1-2H3,(H,19,24)(H,22,25);1H/t15-,16+;/m1./s1. The number of likely N-dealkylation sites (N-methyl/N-ethyl adjacent to an activating group) is 1. The predicted molar refractivity (Wildman–Crippen MR) is 104 cm³/mol. The predicted octanol–water partition coefficient (Wildman–Crippen LogP) is 0.908. The van der Waals surface area contributed by atoms with Crippen molar-refractivity contribution in [3.8, 4) is 5.75 Å². The van der Waals surface area contributed by atoms with Crippen LogP contribution in [0.1, 0.15) is 11.5 Å². The summed E-state index contributed by atoms with van der Waals surface area (Å²) in [7, 11) is 3.43. The van der Waals surface area contributed by atoms with E-state index in [0.29, 0.717) is 18.0 Å². The molecule has 1 aromatic carbocycles. The number of ether oxygens (including phenoxy) is 1. The summed E-state index contributed by atoms with van der Waals surface area (Å²) < 4.78 is 7.10. The van der Waals surface area contributed by atoms with Gasteiger partial charge in [0.1, 0.15) is 5.75 Å². The molecular formula is C18H24ClN5O3. The molecule has 1 fully saturated rings. The molecule has 0 bridgehead atoms. The highest BCUT2D eigenvalue weighted by Crippen LogP contribution is 2.29. The molecule has 0 spiro atoms. The van der Waals surface area contributed by atoms with Crippen molar-refractivity contribution in [2.45, 2.75) is 5.92 Å². The average molecular weight is 394 g/mol. The number of anilines is 1. The molecule has 0 unspecified atom stereocenters. The second-order valence-electron chi connectivity index (χ2n) is 6.29. The Kier molecular flexibility index (Phi) is 7.20. The van der Waals surface area contributed by atoms with Gasteiger partial charge in [-0.1, -0.05) is 0 Å². The zero-order valence-corrected chi connectivity index (χ0v) is 16.1. The lowest BCUT2D eigenvalue weighted by Crippen LogP contribution is -2.28. The third-order valence-corrected chi connectivity index (χ3v) is 4.47. The van der Waals surface area contributed by atoms with Crippen molar-refractivity contribution in [2.75, 3.05) is 32.1 Å². The molecule has 27 heavy (non-hydrogen) atoms. The van der Waals surface area contributed by atoms with E-state index < -0.39 is 0 Å². The van der Waals surface area contributed by atoms with E-state index in [0.717, 1.165) is 12.1 Å². The zero-order valence-electron chi connectivity index (χ0n) is 15.3. The van der Waals surface area contributed by atoms with Crippen molar-refractivity contribution in [1.29, 1.82) is 0 Å². The Morgan fingerprint density at radius 2 is 2.04 bits per heavy atom. The Morgan fingerprint density at radius 3 is 2.67 bits per heavy atom. The van der Waals surface area contributed by atoms with E-state index in [-0.39, 0.29) is 42.7 Å². The third-order valence-electron chi connectivity index (χ3n) is 4.47. The van der Waals surface area contributed by atoms with Crippen LogP contribution in [0.5, 0.6) is 5.75 Å². The molecule has 1 aromatic heterocycles. The first-order valence-corrected chi connectivity index (χ1v) is 8.50. The average Bonchev–Trinajstić information content (AvgIpc) is 3.29. The van der Waals surface area contributed by atoms with Crippen LogP contribution in [0.25, 0.3) is 0 Å². The zero-order chi connectivity index (χ0) is 18.5. The highest BCUT2D eigenvalue weighted by molar-refractivity contribution is 5.93. The van der Waals surface area contributed by atoms with Crippen molar-refractivity contribution in [1.82, 2.24) is 20.4 Å². The number of benzene rings is 1. The smallest absolute Gasteiger partial charge is 0.257 e. The van der Waals surface area contributed by atoms with Gasteiger partial charge < -0.3 is 20.7 Å². The first-order chi connectivity index (χ1) is 12.6. The number of amides is 2. The second-order valence-corrected chi connectivity index (χ2v) is 6.29. The number of aromatic nitrogens is 2. The Hall–Kier alpha value is -2.58. The molecule has 0 aliphatic carbocycles. The first kappa shape index (κ1) is 20.7. The minimum absolute atomic E-state index is 0. The molecule has 3 N–H and O–H groups in total. The van der Waals surface area contributed by atoms with Crippen LogP contribution >= 0.6 is 12.4 Å². The van der Waals surface area contributed by atoms with E-state index in [9.17, 15) is 9.59 Å². The van der Waals surface area contributed by atoms with Gasteiger partial charge in [-0.2, -0.15) is 5.10 Å². The van der Waals surface area contributed by atoms with Gasteiger partial charge in [0, 0.05) is 45.0 Å². The number of hydrogen-bond donors (Lipinski definition) is 3. The lowest BCUT2D eigenvalue weighted by Gasteiger charge is -2.17. The molecule has 1 aliphatic heterocycles. The maximum absolute atomic E-state index is 12.7. The number of aryl methyl sites for hydroxylation is 1. The molecule has 2 heterocycles. The molecule has 0 saturated carbocycles. The monoisotopic (exact) mass is 393 g/mol. The Bertz CT molecular complexity index is 778. The van der Waals surface area contributed by atoms with E-state index in [1.54, 1.807) is 36.0 Å². The molecule has 2 atom stereocenters. The summed E-state index contributed by atoms with van der Waals surface area (Å²) in [6, 6.07) is 6.98. The van der Waals surface area contributed by atoms with E-state index in [4.69, 9.17) is 4.74 Å². The van der Waals surface area contributed by atoms with Crippen LogP contribution in [0.15, 0.2) is 36.7 Å². The van der Waals surface area contributed by atoms with Gasteiger partial charge >= 0.3 is 0 Å². The Balaban J connectivity index is 0.00000261. The second kappa shape index (κ2) is 9.38. The number of carbonyl (C=O) groups is 2. The fourth-order valence-electron chi connectivity index (χ4n) is 3.03. The van der Waals surface area contributed by atoms with E-state index >= 15 is 0 Å². The summed E-state index contributed by atoms with van der Waals surface area (Å²) in [5.74, 6) is 0.310. The molecular weight excluding hydrogens is 370 g/mol. The molecule has 8 nitrogen and oxygen atoms in total. The summed E-state index contributed by atoms with van der Waals surface area (Å²) in [6.07, 6.45) is 3.77. The number of nitrogens with zero attached hydrogens (tertiary/aromatic N) is 2. The van der Waals surface area contributed by atoms with Crippen molar-refractivity contribution in [3.63, 3.8) is 0 Å². The van der Waals surface area contributed by atoms with Gasteiger partial charge in [-0.15, -0.1) is 12.4 Å². The number of halogens is 1. The Morgan fingerprint density at radius 1 is 1.30 bits per heavy atom. The van der Waals surface area contributed by atoms with Crippen LogP contribution in [0.4, 0.5) is 5.69 Å². The molecule has 2 amide bonds. The summed E-state index contributed by atoms with van der Waals surface area (Å²) in [4.78, 5) is 23.9. The summed E-state index contributed by atoms with van der Waals surface area (Å²) in [5.41, 5.74) is 1.76. The highest BCUT2D eigenvalue weighted by Gasteiger charge is 2.34. The van der Waals surface area contributed by atoms with Gasteiger partial charge in [0.05, 0.1) is 12.1 Å². The van der Waals surface area contributed by atoms with Crippen LogP contribution in [-0.2, 0) is 16.6 Å². The van der Waals surface area contributed by atoms with Gasteiger partial charge in [-0.05, 0) is 29.8 Å². The molecule has 0 radical (unpaired) electrons. The van der Waals surface area contributed by atoms with Crippen molar-refractivity contribution in [3.05, 3.63) is 42.2 Å². The largest absolute Gasteiger partial charge is 0.484 e. The van der Waals surface area contributed by atoms with Gasteiger partial charge in [-0.25, -0.2) is 0 Å². The summed E-state index contributed by atoms with van der Waals surface area (Å²) >= 11 is 0. The normalized spacial score (nSPS) is 18.4. The minimum Gasteiger partial charge on any atom is -0.484 e. The Labute approximate surface area is 164 Å². The van der Waals surface area contributed by atoms with Crippen LogP contribution < -0.4 is 20.7 Å². The third kappa shape index (κ3) is 5.21. The van der Waals surface area contributed by atoms with Crippen LogP contribution in [0, 0.1) is 5.92 Å². The van der Waals surface area contributed by atoms with Crippen LogP contribution in [-0.4, -0.2) is 48.3 Å². The van der Waals surface area contributed by atoms with E-state index in [1.807, 2.05) is 19.4 Å². The van der Waals surface area contributed by atoms with E-state index in [1.165, 1.54) is 0 Å². The van der Waals surface area contributed by atoms with Gasteiger partial charge in [0.25, 0.3) is 5.91 Å². The molecule has 9 heteroatoms. The number of carbonyl (C=O) groups excluding carboxylic acids is 2. The van der Waals surface area contributed by atoms with Gasteiger partial charge in [0.15, 0.2) is 6.61 Å². The van der Waals surface area contributed by atoms with Crippen LogP contribution in [0.2, 0.25) is 0 Å². The number of nitrogens with one attached hydrogen (secondary N) is 3. The van der Waals surface area contributed by atoms with E-state index in [2.05, 4.69) is 21.0 Å². The fourth-order valence-corrected chi connectivity index (χ4v) is 3.03.